The summed E-state index contributed by atoms with van der Waals surface area (Å²) in [4.78, 5) is 30.2. The Morgan fingerprint density at radius 2 is 1.41 bits per heavy atom. The number of fused-ring (bicyclic) bond motifs is 1. The minimum absolute atomic E-state index is 0.0431. The summed E-state index contributed by atoms with van der Waals surface area (Å²) >= 11 is 0. The minimum atomic E-state index is -0.356. The second-order valence-corrected chi connectivity index (χ2v) is 10.5. The third-order valence-corrected chi connectivity index (χ3v) is 7.32. The van der Waals surface area contributed by atoms with Gasteiger partial charge in [-0.05, 0) is 47.4 Å². The number of hydrogen-bond donors (Lipinski definition) is 1. The van der Waals surface area contributed by atoms with Crippen LogP contribution in [0.5, 0.6) is 0 Å². The third kappa shape index (κ3) is 10.1. The summed E-state index contributed by atoms with van der Waals surface area (Å²) in [6.45, 7) is 6.85. The van der Waals surface area contributed by atoms with Crippen LogP contribution in [0, 0.1) is 0 Å². The molecule has 0 radical (unpaired) electrons. The molecule has 1 atom stereocenters. The molecule has 3 aromatic rings. The molecule has 0 fully saturated rings. The summed E-state index contributed by atoms with van der Waals surface area (Å²) < 4.78 is 0. The van der Waals surface area contributed by atoms with E-state index in [2.05, 4.69) is 36.5 Å². The molecule has 0 spiro atoms. The number of benzene rings is 3. The second-order valence-electron chi connectivity index (χ2n) is 10.5. The first-order valence-electron chi connectivity index (χ1n) is 14.8. The van der Waals surface area contributed by atoms with Crippen LogP contribution in [0.15, 0.2) is 66.7 Å². The SMILES string of the molecule is CCCCCCCCCCCCNC(=O)c1ccc(CN(OC(C)=O)C(C)c2cccc3ccccc23)cc1. The summed E-state index contributed by atoms with van der Waals surface area (Å²) in [7, 11) is 0. The molecule has 3 aromatic carbocycles. The van der Waals surface area contributed by atoms with E-state index in [9.17, 15) is 9.59 Å². The minimum Gasteiger partial charge on any atom is -0.367 e. The lowest BCUT2D eigenvalue weighted by Gasteiger charge is -2.28. The Bertz CT molecular complexity index is 1150. The molecular formula is C34H46N2O3. The molecule has 1 amide bonds. The highest BCUT2D eigenvalue weighted by atomic mass is 16.7. The number of carbonyl (C=O) groups is 2. The van der Waals surface area contributed by atoms with Crippen LogP contribution in [-0.2, 0) is 16.2 Å². The van der Waals surface area contributed by atoms with E-state index >= 15 is 0 Å². The largest absolute Gasteiger partial charge is 0.367 e. The Morgan fingerprint density at radius 1 is 0.795 bits per heavy atom. The lowest BCUT2D eigenvalue weighted by atomic mass is 9.99. The van der Waals surface area contributed by atoms with Crippen molar-refractivity contribution >= 4 is 22.6 Å². The molecule has 0 aliphatic carbocycles. The Labute approximate surface area is 234 Å². The van der Waals surface area contributed by atoms with Crippen LogP contribution in [0.1, 0.15) is 113 Å². The van der Waals surface area contributed by atoms with E-state index in [1.54, 1.807) is 5.06 Å². The normalized spacial score (nSPS) is 12.0. The number of nitrogens with one attached hydrogen (secondary N) is 1. The van der Waals surface area contributed by atoms with E-state index in [0.29, 0.717) is 18.7 Å². The predicted octanol–water partition coefficient (Wildman–Crippen LogP) is 8.53. The molecule has 0 heterocycles. The molecule has 39 heavy (non-hydrogen) atoms. The number of amides is 1. The number of unbranched alkanes of at least 4 members (excludes halogenated alkanes) is 9. The summed E-state index contributed by atoms with van der Waals surface area (Å²) in [5, 5.41) is 7.05. The Balaban J connectivity index is 1.47. The molecule has 3 rings (SSSR count). The topological polar surface area (TPSA) is 58.6 Å². The lowest BCUT2D eigenvalue weighted by Crippen LogP contribution is -2.29. The standard InChI is InChI=1S/C34H46N2O3/c1-4-5-6-7-8-9-10-11-12-15-25-35-34(38)31-23-21-29(22-24-31)26-36(39-28(3)37)27(2)32-20-16-18-30-17-13-14-19-33(30)32/h13-14,16-24,27H,4-12,15,25-26H2,1-3H3,(H,35,38). The first kappa shape index (κ1) is 30.4. The van der Waals surface area contributed by atoms with Gasteiger partial charge in [-0.3, -0.25) is 9.59 Å². The highest BCUT2D eigenvalue weighted by Gasteiger charge is 2.21. The van der Waals surface area contributed by atoms with E-state index in [1.165, 1.54) is 58.3 Å². The van der Waals surface area contributed by atoms with Crippen molar-refractivity contribution in [2.75, 3.05) is 6.54 Å². The molecule has 5 heteroatoms. The number of hydrogen-bond acceptors (Lipinski definition) is 4. The van der Waals surface area contributed by atoms with Crippen LogP contribution in [-0.4, -0.2) is 23.5 Å². The first-order chi connectivity index (χ1) is 19.0. The molecule has 1 unspecified atom stereocenters. The number of nitrogens with zero attached hydrogens (tertiary/aromatic N) is 1. The fraction of sp³-hybridized carbons (Fsp3) is 0.471. The van der Waals surface area contributed by atoms with Crippen molar-refractivity contribution in [1.29, 1.82) is 0 Å². The highest BCUT2D eigenvalue weighted by Crippen LogP contribution is 2.29. The van der Waals surface area contributed by atoms with Gasteiger partial charge >= 0.3 is 5.97 Å². The molecule has 0 aliphatic rings. The molecule has 0 aliphatic heterocycles. The fourth-order valence-electron chi connectivity index (χ4n) is 5.04. The zero-order valence-electron chi connectivity index (χ0n) is 24.1. The average molecular weight is 531 g/mol. The van der Waals surface area contributed by atoms with Crippen LogP contribution < -0.4 is 5.32 Å². The van der Waals surface area contributed by atoms with Crippen LogP contribution in [0.25, 0.3) is 10.8 Å². The van der Waals surface area contributed by atoms with Gasteiger partial charge < -0.3 is 10.2 Å². The van der Waals surface area contributed by atoms with Gasteiger partial charge in [-0.15, -0.1) is 5.06 Å². The molecule has 1 N–H and O–H groups in total. The summed E-state index contributed by atoms with van der Waals surface area (Å²) in [6.07, 6.45) is 12.8. The second kappa shape index (κ2) is 16.7. The van der Waals surface area contributed by atoms with Crippen molar-refractivity contribution in [3.63, 3.8) is 0 Å². The van der Waals surface area contributed by atoms with Crippen molar-refractivity contribution in [1.82, 2.24) is 10.4 Å². The fourth-order valence-corrected chi connectivity index (χ4v) is 5.04. The summed E-state index contributed by atoms with van der Waals surface area (Å²) in [6, 6.07) is 21.8. The van der Waals surface area contributed by atoms with Gasteiger partial charge in [0.25, 0.3) is 5.91 Å². The molecule has 0 saturated heterocycles. The van der Waals surface area contributed by atoms with E-state index in [-0.39, 0.29) is 17.9 Å². The zero-order valence-corrected chi connectivity index (χ0v) is 24.1. The number of hydroxylamine groups is 2. The molecule has 210 valence electrons. The first-order valence-corrected chi connectivity index (χ1v) is 14.8. The quantitative estimate of drug-likeness (QED) is 0.140. The Kier molecular flexibility index (Phi) is 13.0. The zero-order chi connectivity index (χ0) is 27.9. The maximum atomic E-state index is 12.6. The van der Waals surface area contributed by atoms with Crippen molar-refractivity contribution in [2.45, 2.75) is 97.6 Å². The Morgan fingerprint density at radius 3 is 2.08 bits per heavy atom. The van der Waals surface area contributed by atoms with Crippen molar-refractivity contribution in [3.8, 4) is 0 Å². The summed E-state index contributed by atoms with van der Waals surface area (Å²) in [5.74, 6) is -0.400. The van der Waals surface area contributed by atoms with Gasteiger partial charge in [-0.25, -0.2) is 0 Å². The maximum absolute atomic E-state index is 12.6. The monoisotopic (exact) mass is 530 g/mol. The maximum Gasteiger partial charge on any atom is 0.322 e. The average Bonchev–Trinajstić information content (AvgIpc) is 2.95. The van der Waals surface area contributed by atoms with Crippen LogP contribution in [0.3, 0.4) is 0 Å². The van der Waals surface area contributed by atoms with Gasteiger partial charge in [0.1, 0.15) is 0 Å². The van der Waals surface area contributed by atoms with E-state index in [0.717, 1.165) is 34.7 Å². The van der Waals surface area contributed by atoms with Crippen molar-refractivity contribution in [2.24, 2.45) is 0 Å². The van der Waals surface area contributed by atoms with Gasteiger partial charge in [0.15, 0.2) is 0 Å². The van der Waals surface area contributed by atoms with E-state index < -0.39 is 0 Å². The van der Waals surface area contributed by atoms with Gasteiger partial charge in [0.05, 0.1) is 12.6 Å². The third-order valence-electron chi connectivity index (χ3n) is 7.32. The van der Waals surface area contributed by atoms with Crippen LogP contribution in [0.2, 0.25) is 0 Å². The van der Waals surface area contributed by atoms with Gasteiger partial charge in [0.2, 0.25) is 0 Å². The van der Waals surface area contributed by atoms with E-state index in [1.807, 2.05) is 49.4 Å². The van der Waals surface area contributed by atoms with Gasteiger partial charge in [-0.1, -0.05) is 119 Å². The van der Waals surface area contributed by atoms with Crippen LogP contribution in [0.4, 0.5) is 0 Å². The molecule has 0 saturated carbocycles. The Hall–Kier alpha value is -3.18. The smallest absolute Gasteiger partial charge is 0.322 e. The molecular weight excluding hydrogens is 484 g/mol. The lowest BCUT2D eigenvalue weighted by molar-refractivity contribution is -0.202. The summed E-state index contributed by atoms with van der Waals surface area (Å²) in [5.41, 5.74) is 2.71. The van der Waals surface area contributed by atoms with E-state index in [4.69, 9.17) is 4.84 Å². The van der Waals surface area contributed by atoms with Crippen LogP contribution >= 0.6 is 0 Å². The number of rotatable bonds is 17. The van der Waals surface area contributed by atoms with Gasteiger partial charge in [-0.2, -0.15) is 0 Å². The molecule has 5 nitrogen and oxygen atoms in total. The number of carbonyl (C=O) groups excluding carboxylic acids is 2. The molecule has 0 aromatic heterocycles. The molecule has 0 bridgehead atoms. The van der Waals surface area contributed by atoms with Crippen molar-refractivity contribution < 1.29 is 14.4 Å². The highest BCUT2D eigenvalue weighted by molar-refractivity contribution is 5.94. The predicted molar refractivity (Wildman–Crippen MR) is 160 cm³/mol. The van der Waals surface area contributed by atoms with Gasteiger partial charge in [0, 0.05) is 19.0 Å². The van der Waals surface area contributed by atoms with Crippen molar-refractivity contribution in [3.05, 3.63) is 83.4 Å².